The zero-order valence-electron chi connectivity index (χ0n) is 13.2. The van der Waals surface area contributed by atoms with Crippen LogP contribution in [0.15, 0.2) is 39.9 Å². The van der Waals surface area contributed by atoms with Crippen molar-refractivity contribution in [1.82, 2.24) is 4.98 Å². The smallest absolute Gasteiger partial charge is 0.433 e. The molecule has 0 fully saturated rings. The van der Waals surface area contributed by atoms with Gasteiger partial charge in [0.25, 0.3) is 0 Å². The molecule has 2 heterocycles. The number of fused-ring (bicyclic) bond motifs is 1. The Kier molecular flexibility index (Phi) is 4.44. The van der Waals surface area contributed by atoms with Crippen LogP contribution in [0.5, 0.6) is 5.75 Å². The fraction of sp³-hybridized carbons (Fsp3) is 0.133. The molecule has 0 unspecified atom stereocenters. The lowest BCUT2D eigenvalue weighted by molar-refractivity contribution is -0.402. The van der Waals surface area contributed by atoms with Gasteiger partial charge >= 0.3 is 5.88 Å². The minimum Gasteiger partial charge on any atom is -0.497 e. The first kappa shape index (κ1) is 16.6. The van der Waals surface area contributed by atoms with Crippen molar-refractivity contribution in [2.24, 2.45) is 5.10 Å². The second-order valence-electron chi connectivity index (χ2n) is 4.84. The molecule has 0 spiro atoms. The van der Waals surface area contributed by atoms with E-state index < -0.39 is 10.8 Å². The van der Waals surface area contributed by atoms with Gasteiger partial charge in [0.05, 0.1) is 29.6 Å². The van der Waals surface area contributed by atoms with Crippen LogP contribution in [-0.2, 0) is 4.79 Å². The molecule has 0 saturated heterocycles. The number of amides is 1. The van der Waals surface area contributed by atoms with Crippen LogP contribution < -0.4 is 9.75 Å². The Labute approximate surface area is 145 Å². The van der Waals surface area contributed by atoms with Crippen LogP contribution >= 0.6 is 11.3 Å². The Morgan fingerprint density at radius 3 is 2.88 bits per heavy atom. The summed E-state index contributed by atoms with van der Waals surface area (Å²) in [7, 11) is 1.57. The molecule has 3 aromatic rings. The third-order valence-corrected chi connectivity index (χ3v) is 4.15. The van der Waals surface area contributed by atoms with Gasteiger partial charge in [-0.1, -0.05) is 11.3 Å². The maximum Gasteiger partial charge on any atom is 0.433 e. The van der Waals surface area contributed by atoms with E-state index in [2.05, 4.69) is 10.1 Å². The SMILES string of the molecule is COc1ccc2nc(N(/N=C\c3ccc([N+](=O)[O-])o3)C(C)=O)sc2c1. The topological polar surface area (TPSA) is 111 Å². The van der Waals surface area contributed by atoms with Crippen molar-refractivity contribution in [3.63, 3.8) is 0 Å². The third-order valence-electron chi connectivity index (χ3n) is 3.16. The van der Waals surface area contributed by atoms with Gasteiger partial charge in [-0.25, -0.2) is 4.98 Å². The van der Waals surface area contributed by atoms with Gasteiger partial charge in [0.15, 0.2) is 5.76 Å². The van der Waals surface area contributed by atoms with Crippen LogP contribution in [0.25, 0.3) is 10.2 Å². The maximum absolute atomic E-state index is 11.9. The Hall–Kier alpha value is -3.27. The van der Waals surface area contributed by atoms with E-state index in [-0.39, 0.29) is 11.7 Å². The van der Waals surface area contributed by atoms with Gasteiger partial charge in [-0.05, 0) is 24.3 Å². The largest absolute Gasteiger partial charge is 0.497 e. The average Bonchev–Trinajstić information content (AvgIpc) is 3.20. The number of thiazole rings is 1. The molecule has 10 heteroatoms. The molecule has 2 aromatic heterocycles. The van der Waals surface area contributed by atoms with Crippen LogP contribution in [0.2, 0.25) is 0 Å². The molecule has 0 atom stereocenters. The van der Waals surface area contributed by atoms with E-state index in [0.29, 0.717) is 16.4 Å². The van der Waals surface area contributed by atoms with E-state index in [4.69, 9.17) is 9.15 Å². The van der Waals surface area contributed by atoms with Crippen LogP contribution in [0.4, 0.5) is 11.0 Å². The van der Waals surface area contributed by atoms with Crippen molar-refractivity contribution in [3.05, 3.63) is 46.2 Å². The summed E-state index contributed by atoms with van der Waals surface area (Å²) in [6.07, 6.45) is 1.22. The van der Waals surface area contributed by atoms with Gasteiger partial charge in [-0.2, -0.15) is 10.1 Å². The van der Waals surface area contributed by atoms with Crippen molar-refractivity contribution in [2.45, 2.75) is 6.92 Å². The average molecular weight is 360 g/mol. The van der Waals surface area contributed by atoms with Crippen LogP contribution in [0.3, 0.4) is 0 Å². The number of anilines is 1. The minimum atomic E-state index is -0.652. The monoisotopic (exact) mass is 360 g/mol. The molecule has 25 heavy (non-hydrogen) atoms. The number of carbonyl (C=O) groups is 1. The lowest BCUT2D eigenvalue weighted by atomic mass is 10.3. The molecule has 0 aliphatic carbocycles. The van der Waals surface area contributed by atoms with Gasteiger partial charge in [-0.15, -0.1) is 0 Å². The number of methoxy groups -OCH3 is 1. The molecule has 9 nitrogen and oxygen atoms in total. The van der Waals surface area contributed by atoms with Crippen molar-refractivity contribution in [2.75, 3.05) is 12.1 Å². The number of aromatic nitrogens is 1. The second kappa shape index (κ2) is 6.69. The highest BCUT2D eigenvalue weighted by Crippen LogP contribution is 2.31. The predicted octanol–water partition coefficient (Wildman–Crippen LogP) is 3.19. The maximum atomic E-state index is 11.9. The highest BCUT2D eigenvalue weighted by Gasteiger charge is 2.17. The summed E-state index contributed by atoms with van der Waals surface area (Å²) in [4.78, 5) is 26.2. The lowest BCUT2D eigenvalue weighted by Gasteiger charge is -2.09. The third kappa shape index (κ3) is 3.48. The number of nitro groups is 1. The highest BCUT2D eigenvalue weighted by molar-refractivity contribution is 7.22. The van der Waals surface area contributed by atoms with E-state index in [1.807, 2.05) is 6.07 Å². The first-order chi connectivity index (χ1) is 12.0. The van der Waals surface area contributed by atoms with E-state index in [9.17, 15) is 14.9 Å². The number of furan rings is 1. The molecule has 3 rings (SSSR count). The summed E-state index contributed by atoms with van der Waals surface area (Å²) in [6.45, 7) is 1.34. The molecular weight excluding hydrogens is 348 g/mol. The first-order valence-electron chi connectivity index (χ1n) is 7.01. The number of hydrazone groups is 1. The number of benzene rings is 1. The van der Waals surface area contributed by atoms with Gasteiger partial charge < -0.3 is 9.15 Å². The standard InChI is InChI=1S/C15H12N4O5S/c1-9(20)18(16-8-11-4-6-14(24-11)19(21)22)15-17-12-5-3-10(23-2)7-13(12)25-15/h3-8H,1-2H3/b16-8-. The Balaban J connectivity index is 1.91. The van der Waals surface area contributed by atoms with Crippen LogP contribution in [-0.4, -0.2) is 29.1 Å². The predicted molar refractivity (Wildman–Crippen MR) is 92.3 cm³/mol. The van der Waals surface area contributed by atoms with Crippen molar-refractivity contribution in [1.29, 1.82) is 0 Å². The van der Waals surface area contributed by atoms with E-state index in [1.54, 1.807) is 19.2 Å². The molecule has 1 amide bonds. The van der Waals surface area contributed by atoms with Crippen molar-refractivity contribution >= 4 is 44.7 Å². The number of rotatable bonds is 5. The molecule has 0 bridgehead atoms. The Bertz CT molecular complexity index is 977. The van der Waals surface area contributed by atoms with Gasteiger partial charge in [0, 0.05) is 6.92 Å². The molecule has 0 aliphatic rings. The molecule has 0 aliphatic heterocycles. The normalized spacial score (nSPS) is 11.1. The van der Waals surface area contributed by atoms with Gasteiger partial charge in [-0.3, -0.25) is 14.9 Å². The Morgan fingerprint density at radius 1 is 1.44 bits per heavy atom. The zero-order chi connectivity index (χ0) is 18.0. The highest BCUT2D eigenvalue weighted by atomic mass is 32.1. The number of nitrogens with zero attached hydrogens (tertiary/aromatic N) is 4. The van der Waals surface area contributed by atoms with Gasteiger partial charge in [0.1, 0.15) is 10.7 Å². The van der Waals surface area contributed by atoms with E-state index in [0.717, 1.165) is 9.71 Å². The molecule has 0 radical (unpaired) electrons. The number of hydrogen-bond acceptors (Lipinski definition) is 8. The molecule has 128 valence electrons. The Morgan fingerprint density at radius 2 is 2.24 bits per heavy atom. The van der Waals surface area contributed by atoms with Crippen molar-refractivity contribution < 1.29 is 18.9 Å². The first-order valence-corrected chi connectivity index (χ1v) is 7.83. The van der Waals surface area contributed by atoms with E-state index in [1.165, 1.54) is 36.6 Å². The lowest BCUT2D eigenvalue weighted by Crippen LogP contribution is -2.22. The summed E-state index contributed by atoms with van der Waals surface area (Å²) >= 11 is 1.27. The molecule has 1 aromatic carbocycles. The summed E-state index contributed by atoms with van der Waals surface area (Å²) in [5.41, 5.74) is 0.705. The fourth-order valence-electron chi connectivity index (χ4n) is 2.00. The zero-order valence-corrected chi connectivity index (χ0v) is 14.0. The quantitative estimate of drug-likeness (QED) is 0.392. The fourth-order valence-corrected chi connectivity index (χ4v) is 3.00. The molecular formula is C15H12N4O5S. The summed E-state index contributed by atoms with van der Waals surface area (Å²) in [6, 6.07) is 7.97. The van der Waals surface area contributed by atoms with E-state index >= 15 is 0 Å². The van der Waals surface area contributed by atoms with Gasteiger partial charge in [0.2, 0.25) is 11.0 Å². The second-order valence-corrected chi connectivity index (χ2v) is 5.85. The summed E-state index contributed by atoms with van der Waals surface area (Å²) < 4.78 is 11.0. The summed E-state index contributed by atoms with van der Waals surface area (Å²) in [5.74, 6) is 0.0791. The van der Waals surface area contributed by atoms with Crippen LogP contribution in [0.1, 0.15) is 12.7 Å². The van der Waals surface area contributed by atoms with Crippen molar-refractivity contribution in [3.8, 4) is 5.75 Å². The number of hydrogen-bond donors (Lipinski definition) is 0. The molecule has 0 saturated carbocycles. The van der Waals surface area contributed by atoms with Crippen LogP contribution in [0, 0.1) is 10.1 Å². The number of ether oxygens (including phenoxy) is 1. The minimum absolute atomic E-state index is 0.153. The molecule has 0 N–H and O–H groups in total. The summed E-state index contributed by atoms with van der Waals surface area (Å²) in [5, 5.41) is 16.1. The number of carbonyl (C=O) groups excluding carboxylic acids is 1.